The van der Waals surface area contributed by atoms with Gasteiger partial charge in [-0.15, -0.1) is 0 Å². The number of nitrogens with two attached hydrogens (primary N) is 1. The molecule has 1 amide bonds. The van der Waals surface area contributed by atoms with Crippen molar-refractivity contribution in [1.82, 2.24) is 9.88 Å². The topological polar surface area (TPSA) is 71.3 Å². The first-order valence-corrected chi connectivity index (χ1v) is 9.07. The van der Waals surface area contributed by atoms with Crippen LogP contribution in [0.3, 0.4) is 0 Å². The highest BCUT2D eigenvalue weighted by Gasteiger charge is 2.30. The molecule has 0 spiro atoms. The number of amides is 1. The van der Waals surface area contributed by atoms with Crippen molar-refractivity contribution < 1.29 is 9.53 Å². The van der Waals surface area contributed by atoms with Gasteiger partial charge < -0.3 is 20.4 Å². The number of carbonyl (C=O) groups is 1. The van der Waals surface area contributed by atoms with Gasteiger partial charge in [0.25, 0.3) is 0 Å². The fraction of sp³-hybridized carbons (Fsp3) is 0.550. The van der Waals surface area contributed by atoms with Crippen LogP contribution in [0.4, 0.5) is 10.5 Å². The summed E-state index contributed by atoms with van der Waals surface area (Å²) in [5.74, 6) is 0.513. The lowest BCUT2D eigenvalue weighted by Crippen LogP contribution is -2.42. The molecule has 1 saturated carbocycles. The van der Waals surface area contributed by atoms with Gasteiger partial charge in [-0.25, -0.2) is 4.79 Å². The number of benzene rings is 1. The van der Waals surface area contributed by atoms with E-state index < -0.39 is 5.60 Å². The minimum absolute atomic E-state index is 0.226. The maximum atomic E-state index is 12.3. The predicted molar refractivity (Wildman–Crippen MR) is 102 cm³/mol. The minimum atomic E-state index is -0.452. The Bertz CT molecular complexity index is 752. The van der Waals surface area contributed by atoms with E-state index in [0.717, 1.165) is 36.9 Å². The molecule has 0 unspecified atom stereocenters. The first-order chi connectivity index (χ1) is 11.7. The predicted octanol–water partition coefficient (Wildman–Crippen LogP) is 4.64. The van der Waals surface area contributed by atoms with Gasteiger partial charge >= 0.3 is 6.09 Å². The number of nitrogen functional groups attached to an aromatic ring is 1. The number of hydrogen-bond donors (Lipinski definition) is 2. The zero-order chi connectivity index (χ0) is 18.2. The number of rotatable bonds is 2. The minimum Gasteiger partial charge on any atom is -0.444 e. The summed E-state index contributed by atoms with van der Waals surface area (Å²) in [6, 6.07) is 6.27. The van der Waals surface area contributed by atoms with Crippen LogP contribution in [-0.4, -0.2) is 34.7 Å². The Morgan fingerprint density at radius 1 is 1.24 bits per heavy atom. The van der Waals surface area contributed by atoms with E-state index >= 15 is 0 Å². The molecule has 0 bridgehead atoms. The molecule has 1 aromatic heterocycles. The van der Waals surface area contributed by atoms with E-state index in [9.17, 15) is 4.79 Å². The number of H-pyrrole nitrogens is 1. The Balaban J connectivity index is 1.65. The van der Waals surface area contributed by atoms with Crippen LogP contribution >= 0.6 is 0 Å². The lowest BCUT2D eigenvalue weighted by Gasteiger charge is -2.35. The van der Waals surface area contributed by atoms with Crippen LogP contribution in [0.5, 0.6) is 0 Å². The van der Waals surface area contributed by atoms with Gasteiger partial charge in [0.2, 0.25) is 0 Å². The third kappa shape index (κ3) is 3.91. The van der Waals surface area contributed by atoms with Gasteiger partial charge in [0.05, 0.1) is 0 Å². The zero-order valence-electron chi connectivity index (χ0n) is 15.6. The highest BCUT2D eigenvalue weighted by atomic mass is 16.6. The first-order valence-electron chi connectivity index (χ1n) is 9.07. The number of fused-ring (bicyclic) bond motifs is 1. The van der Waals surface area contributed by atoms with Crippen molar-refractivity contribution in [2.24, 2.45) is 0 Å². The average molecular weight is 343 g/mol. The molecule has 0 aliphatic heterocycles. The monoisotopic (exact) mass is 343 g/mol. The quantitative estimate of drug-likeness (QED) is 0.780. The fourth-order valence-electron chi connectivity index (χ4n) is 3.75. The van der Waals surface area contributed by atoms with Crippen molar-refractivity contribution in [3.8, 4) is 0 Å². The second kappa shape index (κ2) is 6.62. The summed E-state index contributed by atoms with van der Waals surface area (Å²) in [6.07, 6.45) is 6.02. The Morgan fingerprint density at radius 2 is 1.92 bits per heavy atom. The van der Waals surface area contributed by atoms with E-state index in [4.69, 9.17) is 10.5 Å². The summed E-state index contributed by atoms with van der Waals surface area (Å²) in [5, 5.41) is 1.23. The molecule has 0 radical (unpaired) electrons. The van der Waals surface area contributed by atoms with Crippen LogP contribution in [0.15, 0.2) is 24.4 Å². The van der Waals surface area contributed by atoms with Crippen molar-refractivity contribution in [3.63, 3.8) is 0 Å². The normalized spacial score (nSPS) is 21.3. The van der Waals surface area contributed by atoms with Crippen molar-refractivity contribution in [1.29, 1.82) is 0 Å². The fourth-order valence-corrected chi connectivity index (χ4v) is 3.75. The van der Waals surface area contributed by atoms with E-state index in [1.807, 2.05) is 40.0 Å². The number of anilines is 1. The molecule has 3 N–H and O–H groups in total. The van der Waals surface area contributed by atoms with Crippen molar-refractivity contribution >= 4 is 22.7 Å². The lowest BCUT2D eigenvalue weighted by atomic mass is 9.81. The van der Waals surface area contributed by atoms with E-state index in [1.165, 1.54) is 10.9 Å². The van der Waals surface area contributed by atoms with Gasteiger partial charge in [0.1, 0.15) is 5.60 Å². The number of nitrogens with one attached hydrogen (secondary N) is 1. The Hall–Kier alpha value is -2.17. The molecular weight excluding hydrogens is 314 g/mol. The maximum Gasteiger partial charge on any atom is 0.410 e. The maximum absolute atomic E-state index is 12.3. The number of hydrogen-bond acceptors (Lipinski definition) is 3. The van der Waals surface area contributed by atoms with E-state index in [1.54, 1.807) is 4.90 Å². The third-order valence-corrected chi connectivity index (χ3v) is 5.10. The molecule has 5 nitrogen and oxygen atoms in total. The van der Waals surface area contributed by atoms with Crippen LogP contribution in [0, 0.1) is 0 Å². The van der Waals surface area contributed by atoms with Crippen LogP contribution in [0.25, 0.3) is 10.9 Å². The number of aromatic amines is 1. The number of ether oxygens (including phenoxy) is 1. The smallest absolute Gasteiger partial charge is 0.410 e. The molecule has 1 fully saturated rings. The summed E-state index contributed by atoms with van der Waals surface area (Å²) < 4.78 is 5.49. The van der Waals surface area contributed by atoms with Crippen LogP contribution in [0.2, 0.25) is 0 Å². The van der Waals surface area contributed by atoms with Gasteiger partial charge in [-0.1, -0.05) is 0 Å². The SMILES string of the molecule is CN(C(=O)OC(C)(C)C)C1CCC(c2c[nH]c3ccc(N)cc23)CC1. The molecule has 2 aromatic rings. The summed E-state index contributed by atoms with van der Waals surface area (Å²) in [5.41, 5.74) is 8.79. The molecule has 136 valence electrons. The molecule has 1 aliphatic rings. The summed E-state index contributed by atoms with van der Waals surface area (Å²) >= 11 is 0. The number of aromatic nitrogens is 1. The Morgan fingerprint density at radius 3 is 2.56 bits per heavy atom. The molecule has 1 aromatic carbocycles. The first kappa shape index (κ1) is 17.6. The lowest BCUT2D eigenvalue weighted by molar-refractivity contribution is 0.0183. The van der Waals surface area contributed by atoms with Gasteiger partial charge in [0, 0.05) is 35.9 Å². The standard InChI is InChI=1S/C20H29N3O2/c1-20(2,3)25-19(24)23(4)15-8-5-13(6-9-15)17-12-22-18-10-7-14(21)11-16(17)18/h7,10-13,15,22H,5-6,8-9,21H2,1-4H3. The molecule has 25 heavy (non-hydrogen) atoms. The van der Waals surface area contributed by atoms with Crippen molar-refractivity contribution in [2.45, 2.75) is 64.0 Å². The highest BCUT2D eigenvalue weighted by Crippen LogP contribution is 2.38. The molecule has 0 atom stereocenters. The van der Waals surface area contributed by atoms with Crippen molar-refractivity contribution in [2.75, 3.05) is 12.8 Å². The van der Waals surface area contributed by atoms with E-state index in [-0.39, 0.29) is 12.1 Å². The van der Waals surface area contributed by atoms with Crippen LogP contribution < -0.4 is 5.73 Å². The molecule has 0 saturated heterocycles. The number of carbonyl (C=O) groups excluding carboxylic acids is 1. The highest BCUT2D eigenvalue weighted by molar-refractivity contribution is 5.86. The molecule has 5 heteroatoms. The number of nitrogens with zero attached hydrogens (tertiary/aromatic N) is 1. The van der Waals surface area contributed by atoms with E-state index in [0.29, 0.717) is 5.92 Å². The Labute approximate surface area is 149 Å². The van der Waals surface area contributed by atoms with Crippen LogP contribution in [-0.2, 0) is 4.74 Å². The summed E-state index contributed by atoms with van der Waals surface area (Å²) in [6.45, 7) is 5.70. The van der Waals surface area contributed by atoms with Gasteiger partial charge in [-0.2, -0.15) is 0 Å². The molecule has 3 rings (SSSR count). The average Bonchev–Trinajstić information content (AvgIpc) is 2.95. The van der Waals surface area contributed by atoms with E-state index in [2.05, 4.69) is 17.2 Å². The zero-order valence-corrected chi connectivity index (χ0v) is 15.6. The molecular formula is C20H29N3O2. The molecule has 1 heterocycles. The van der Waals surface area contributed by atoms with Gasteiger partial charge in [-0.3, -0.25) is 0 Å². The van der Waals surface area contributed by atoms with Crippen molar-refractivity contribution in [3.05, 3.63) is 30.0 Å². The van der Waals surface area contributed by atoms with Gasteiger partial charge in [0.15, 0.2) is 0 Å². The third-order valence-electron chi connectivity index (χ3n) is 5.10. The Kier molecular flexibility index (Phi) is 4.67. The summed E-state index contributed by atoms with van der Waals surface area (Å²) in [7, 11) is 1.85. The largest absolute Gasteiger partial charge is 0.444 e. The molecule has 1 aliphatic carbocycles. The second-order valence-electron chi connectivity index (χ2n) is 8.15. The van der Waals surface area contributed by atoms with Crippen LogP contribution in [0.1, 0.15) is 57.9 Å². The second-order valence-corrected chi connectivity index (χ2v) is 8.15. The van der Waals surface area contributed by atoms with Gasteiger partial charge in [-0.05, 0) is 76.1 Å². The summed E-state index contributed by atoms with van der Waals surface area (Å²) in [4.78, 5) is 17.4.